The van der Waals surface area contributed by atoms with Gasteiger partial charge >= 0.3 is 0 Å². The smallest absolute Gasteiger partial charge is 0.191 e. The van der Waals surface area contributed by atoms with Crippen molar-refractivity contribution in [3.63, 3.8) is 0 Å². The number of guanidine groups is 1. The number of hydrogen-bond acceptors (Lipinski definition) is 5. The monoisotopic (exact) mass is 428 g/mol. The summed E-state index contributed by atoms with van der Waals surface area (Å²) < 4.78 is 17.1. The molecular weight excluding hydrogens is 392 g/mol. The average Bonchev–Trinajstić information content (AvgIpc) is 2.78. The Morgan fingerprint density at radius 3 is 2.39 bits per heavy atom. The Bertz CT molecular complexity index is 794. The van der Waals surface area contributed by atoms with Crippen molar-refractivity contribution < 1.29 is 14.2 Å². The van der Waals surface area contributed by atoms with Gasteiger partial charge in [-0.15, -0.1) is 0 Å². The van der Waals surface area contributed by atoms with Crippen molar-refractivity contribution in [2.45, 2.75) is 26.0 Å². The van der Waals surface area contributed by atoms with Gasteiger partial charge in [0.2, 0.25) is 0 Å². The topological polar surface area (TPSA) is 67.4 Å². The second-order valence-corrected chi connectivity index (χ2v) is 7.54. The lowest BCUT2D eigenvalue weighted by atomic mass is 10.2. The number of para-hydroxylation sites is 2. The Kier molecular flexibility index (Phi) is 10.5. The van der Waals surface area contributed by atoms with Crippen molar-refractivity contribution in [3.8, 4) is 17.2 Å². The Morgan fingerprint density at radius 2 is 1.74 bits per heavy atom. The zero-order valence-corrected chi connectivity index (χ0v) is 19.4. The molecule has 0 fully saturated rings. The molecule has 1 atom stereocenters. The van der Waals surface area contributed by atoms with Crippen molar-refractivity contribution in [1.82, 2.24) is 15.5 Å². The molecular formula is C24H36N4O3. The predicted molar refractivity (Wildman–Crippen MR) is 126 cm³/mol. The van der Waals surface area contributed by atoms with Gasteiger partial charge in [0, 0.05) is 20.1 Å². The summed E-state index contributed by atoms with van der Waals surface area (Å²) in [4.78, 5) is 6.44. The molecule has 7 heteroatoms. The highest BCUT2D eigenvalue weighted by molar-refractivity contribution is 5.79. The maximum Gasteiger partial charge on any atom is 0.191 e. The lowest BCUT2D eigenvalue weighted by Crippen LogP contribution is -2.41. The molecule has 170 valence electrons. The molecule has 0 aliphatic rings. The fourth-order valence-corrected chi connectivity index (χ4v) is 2.90. The third kappa shape index (κ3) is 9.17. The standard InChI is InChI=1S/C24H36N4O3/c1-19(31-23-10-7-6-9-22(23)29-5)17-26-24(25-2)27-18-20-11-13-21(14-12-20)30-16-8-15-28(3)4/h6-7,9-14,19H,8,15-18H2,1-5H3,(H2,25,26,27). The summed E-state index contributed by atoms with van der Waals surface area (Å²) in [5.74, 6) is 3.07. The van der Waals surface area contributed by atoms with Crippen LogP contribution in [0.25, 0.3) is 0 Å². The second kappa shape index (κ2) is 13.4. The first-order chi connectivity index (χ1) is 15.0. The van der Waals surface area contributed by atoms with Gasteiger partial charge in [-0.2, -0.15) is 0 Å². The van der Waals surface area contributed by atoms with Crippen LogP contribution in [0.5, 0.6) is 17.2 Å². The molecule has 2 N–H and O–H groups in total. The quantitative estimate of drug-likeness (QED) is 0.308. The number of nitrogens with zero attached hydrogens (tertiary/aromatic N) is 2. The summed E-state index contributed by atoms with van der Waals surface area (Å²) >= 11 is 0. The van der Waals surface area contributed by atoms with Gasteiger partial charge in [0.05, 0.1) is 20.3 Å². The van der Waals surface area contributed by atoms with Gasteiger partial charge in [-0.3, -0.25) is 4.99 Å². The van der Waals surface area contributed by atoms with E-state index in [1.54, 1.807) is 14.2 Å². The minimum absolute atomic E-state index is 0.0567. The van der Waals surface area contributed by atoms with Gasteiger partial charge < -0.3 is 29.7 Å². The Hall–Kier alpha value is -2.93. The number of hydrogen-bond donors (Lipinski definition) is 2. The SMILES string of the molecule is CN=C(NCc1ccc(OCCCN(C)C)cc1)NCC(C)Oc1ccccc1OC. The molecule has 0 aromatic heterocycles. The van der Waals surface area contributed by atoms with E-state index >= 15 is 0 Å². The second-order valence-electron chi connectivity index (χ2n) is 7.54. The van der Waals surface area contributed by atoms with E-state index in [2.05, 4.69) is 46.8 Å². The predicted octanol–water partition coefficient (Wildman–Crippen LogP) is 3.16. The zero-order valence-electron chi connectivity index (χ0n) is 19.4. The third-order valence-electron chi connectivity index (χ3n) is 4.58. The minimum Gasteiger partial charge on any atom is -0.494 e. The maximum absolute atomic E-state index is 5.97. The van der Waals surface area contributed by atoms with Crippen LogP contribution in [0.3, 0.4) is 0 Å². The summed E-state index contributed by atoms with van der Waals surface area (Å²) in [6.07, 6.45) is 0.955. The average molecular weight is 429 g/mol. The largest absolute Gasteiger partial charge is 0.494 e. The Morgan fingerprint density at radius 1 is 1.03 bits per heavy atom. The van der Waals surface area contributed by atoms with Crippen LogP contribution in [-0.4, -0.2) is 64.9 Å². The molecule has 2 aromatic rings. The molecule has 0 aliphatic heterocycles. The summed E-state index contributed by atoms with van der Waals surface area (Å²) in [6.45, 7) is 5.03. The first-order valence-electron chi connectivity index (χ1n) is 10.6. The van der Waals surface area contributed by atoms with Crippen LogP contribution >= 0.6 is 0 Å². The normalized spacial score (nSPS) is 12.4. The molecule has 0 aliphatic carbocycles. The van der Waals surface area contributed by atoms with E-state index in [0.29, 0.717) is 13.1 Å². The molecule has 0 saturated carbocycles. The van der Waals surface area contributed by atoms with Gasteiger partial charge in [-0.05, 0) is 57.3 Å². The number of rotatable bonds is 12. The van der Waals surface area contributed by atoms with Crippen molar-refractivity contribution in [1.29, 1.82) is 0 Å². The number of benzene rings is 2. The number of methoxy groups -OCH3 is 1. The molecule has 0 amide bonds. The van der Waals surface area contributed by atoms with Crippen LogP contribution < -0.4 is 24.8 Å². The van der Waals surface area contributed by atoms with E-state index in [4.69, 9.17) is 14.2 Å². The van der Waals surface area contributed by atoms with Gasteiger partial charge in [-0.25, -0.2) is 0 Å². The van der Waals surface area contributed by atoms with E-state index < -0.39 is 0 Å². The number of aliphatic imine (C=N–C) groups is 1. The molecule has 31 heavy (non-hydrogen) atoms. The molecule has 0 radical (unpaired) electrons. The summed E-state index contributed by atoms with van der Waals surface area (Å²) in [5, 5.41) is 6.62. The number of nitrogens with one attached hydrogen (secondary N) is 2. The zero-order chi connectivity index (χ0) is 22.5. The first-order valence-corrected chi connectivity index (χ1v) is 10.6. The number of ether oxygens (including phenoxy) is 3. The first kappa shape index (κ1) is 24.3. The molecule has 0 saturated heterocycles. The van der Waals surface area contributed by atoms with Crippen LogP contribution in [0.1, 0.15) is 18.9 Å². The molecule has 2 rings (SSSR count). The van der Waals surface area contributed by atoms with Crippen molar-refractivity contribution >= 4 is 5.96 Å². The van der Waals surface area contributed by atoms with E-state index in [0.717, 1.165) is 48.3 Å². The Labute approximate surface area is 186 Å². The molecule has 0 bridgehead atoms. The summed E-state index contributed by atoms with van der Waals surface area (Å²) in [7, 11) is 7.53. The summed E-state index contributed by atoms with van der Waals surface area (Å²) in [5.41, 5.74) is 1.15. The Balaban J connectivity index is 1.73. The van der Waals surface area contributed by atoms with Crippen LogP contribution in [0, 0.1) is 0 Å². The lowest BCUT2D eigenvalue weighted by molar-refractivity contribution is 0.213. The van der Waals surface area contributed by atoms with E-state index in [1.807, 2.05) is 43.3 Å². The molecule has 7 nitrogen and oxygen atoms in total. The van der Waals surface area contributed by atoms with Gasteiger partial charge in [-0.1, -0.05) is 24.3 Å². The minimum atomic E-state index is -0.0567. The molecule has 2 aromatic carbocycles. The highest BCUT2D eigenvalue weighted by Gasteiger charge is 2.09. The molecule has 1 unspecified atom stereocenters. The van der Waals surface area contributed by atoms with Gasteiger partial charge in [0.1, 0.15) is 11.9 Å². The van der Waals surface area contributed by atoms with Crippen LogP contribution in [0.2, 0.25) is 0 Å². The lowest BCUT2D eigenvalue weighted by Gasteiger charge is -2.19. The molecule has 0 heterocycles. The van der Waals surface area contributed by atoms with E-state index in [-0.39, 0.29) is 6.10 Å². The fourth-order valence-electron chi connectivity index (χ4n) is 2.90. The van der Waals surface area contributed by atoms with Crippen molar-refractivity contribution in [2.75, 3.05) is 47.9 Å². The van der Waals surface area contributed by atoms with Crippen molar-refractivity contribution in [2.24, 2.45) is 4.99 Å². The van der Waals surface area contributed by atoms with Crippen LogP contribution in [-0.2, 0) is 6.54 Å². The third-order valence-corrected chi connectivity index (χ3v) is 4.58. The maximum atomic E-state index is 5.97. The fraction of sp³-hybridized carbons (Fsp3) is 0.458. The highest BCUT2D eigenvalue weighted by atomic mass is 16.5. The van der Waals surface area contributed by atoms with Crippen LogP contribution in [0.4, 0.5) is 0 Å². The highest BCUT2D eigenvalue weighted by Crippen LogP contribution is 2.26. The van der Waals surface area contributed by atoms with E-state index in [1.165, 1.54) is 0 Å². The van der Waals surface area contributed by atoms with Crippen molar-refractivity contribution in [3.05, 3.63) is 54.1 Å². The van der Waals surface area contributed by atoms with E-state index in [9.17, 15) is 0 Å². The summed E-state index contributed by atoms with van der Waals surface area (Å²) in [6, 6.07) is 15.8. The van der Waals surface area contributed by atoms with Crippen LogP contribution in [0.15, 0.2) is 53.5 Å². The molecule has 0 spiro atoms. The van der Waals surface area contributed by atoms with Gasteiger partial charge in [0.15, 0.2) is 17.5 Å². The van der Waals surface area contributed by atoms with Gasteiger partial charge in [0.25, 0.3) is 0 Å².